The van der Waals surface area contributed by atoms with Crippen molar-refractivity contribution < 1.29 is 0 Å². The van der Waals surface area contributed by atoms with Gasteiger partial charge in [0.05, 0.1) is 0 Å². The number of hydrogen-bond donors (Lipinski definition) is 3. The second-order valence-electron chi connectivity index (χ2n) is 1.98. The fourth-order valence-corrected chi connectivity index (χ4v) is 0.626. The summed E-state index contributed by atoms with van der Waals surface area (Å²) >= 11 is 0. The van der Waals surface area contributed by atoms with Gasteiger partial charge in [-0.05, 0) is 0 Å². The topological polar surface area (TPSA) is 87.7 Å². The molecule has 0 bridgehead atoms. The molecule has 0 saturated carbocycles. The molecule has 4 N–H and O–H groups in total. The van der Waals surface area contributed by atoms with Crippen LogP contribution in [-0.4, -0.2) is 15.6 Å². The lowest BCUT2D eigenvalue weighted by molar-refractivity contribution is 0.737. The maximum Gasteiger partial charge on any atom is 0.266 e. The van der Waals surface area contributed by atoms with Gasteiger partial charge in [-0.1, -0.05) is 0 Å². The number of nitrogen functional groups attached to an aromatic ring is 1. The molecule has 0 fully saturated rings. The predicted molar refractivity (Wildman–Crippen MR) is 37.0 cm³/mol. The number of hydrogen-bond acceptors (Lipinski definition) is 2. The van der Waals surface area contributed by atoms with Crippen LogP contribution in [0.1, 0.15) is 5.69 Å². The number of aryl methyl sites for hydroxylation is 1. The van der Waals surface area contributed by atoms with Crippen LogP contribution < -0.4 is 11.3 Å². The summed E-state index contributed by atoms with van der Waals surface area (Å²) in [6.07, 6.45) is 0. The Hall–Kier alpha value is -1.52. The van der Waals surface area contributed by atoms with Crippen LogP contribution in [0.5, 0.6) is 0 Å². The molecule has 0 radical (unpaired) electrons. The molecular formula is C5H8N4O. The highest BCUT2D eigenvalue weighted by Crippen LogP contribution is 1.84. The summed E-state index contributed by atoms with van der Waals surface area (Å²) in [6, 6.07) is 1.28. The Morgan fingerprint density at radius 3 is 2.70 bits per heavy atom. The highest BCUT2D eigenvalue weighted by atomic mass is 16.1. The second kappa shape index (κ2) is 2.02. The van der Waals surface area contributed by atoms with E-state index < -0.39 is 0 Å². The Balaban J connectivity index is 3.23. The number of rotatable bonds is 1. The lowest BCUT2D eigenvalue weighted by atomic mass is 10.4. The molecule has 54 valence electrons. The third-order valence-electron chi connectivity index (χ3n) is 1.18. The first-order valence-corrected chi connectivity index (χ1v) is 2.71. The van der Waals surface area contributed by atoms with Gasteiger partial charge in [-0.2, -0.15) is 0 Å². The average molecular weight is 140 g/mol. The molecule has 0 atom stereocenters. The molecule has 0 amide bonds. The smallest absolute Gasteiger partial charge is 0.266 e. The molecule has 1 aromatic heterocycles. The zero-order chi connectivity index (χ0) is 7.72. The van der Waals surface area contributed by atoms with E-state index in [2.05, 4.69) is 5.10 Å². The largest absolute Gasteiger partial charge is 0.382 e. The number of aromatic amines is 1. The summed E-state index contributed by atoms with van der Waals surface area (Å²) in [5, 5.41) is 9.54. The van der Waals surface area contributed by atoms with Crippen molar-refractivity contribution in [2.24, 2.45) is 12.8 Å². The normalized spacial score (nSPS) is 9.70. The van der Waals surface area contributed by atoms with Crippen LogP contribution in [0.25, 0.3) is 0 Å². The summed E-state index contributed by atoms with van der Waals surface area (Å²) in [6.45, 7) is 0. The minimum Gasteiger partial charge on any atom is -0.382 e. The third kappa shape index (κ3) is 0.928. The van der Waals surface area contributed by atoms with E-state index in [1.807, 2.05) is 0 Å². The van der Waals surface area contributed by atoms with E-state index in [-0.39, 0.29) is 11.4 Å². The maximum absolute atomic E-state index is 10.7. The van der Waals surface area contributed by atoms with Crippen molar-refractivity contribution in [1.29, 1.82) is 5.41 Å². The number of nitrogens with zero attached hydrogens (tertiary/aromatic N) is 1. The van der Waals surface area contributed by atoms with E-state index in [1.165, 1.54) is 10.7 Å². The molecule has 10 heavy (non-hydrogen) atoms. The lowest BCUT2D eigenvalue weighted by Crippen LogP contribution is -2.12. The van der Waals surface area contributed by atoms with Crippen LogP contribution in [-0.2, 0) is 7.05 Å². The molecular weight excluding hydrogens is 132 g/mol. The highest BCUT2D eigenvalue weighted by molar-refractivity contribution is 5.92. The van der Waals surface area contributed by atoms with Gasteiger partial charge in [0.1, 0.15) is 11.5 Å². The molecule has 0 aliphatic carbocycles. The van der Waals surface area contributed by atoms with Crippen molar-refractivity contribution in [3.8, 4) is 0 Å². The summed E-state index contributed by atoms with van der Waals surface area (Å²) in [7, 11) is 1.56. The monoisotopic (exact) mass is 140 g/mol. The van der Waals surface area contributed by atoms with E-state index in [1.54, 1.807) is 7.05 Å². The van der Waals surface area contributed by atoms with Gasteiger partial charge in [0.25, 0.3) is 5.56 Å². The van der Waals surface area contributed by atoms with Crippen LogP contribution in [0.3, 0.4) is 0 Å². The van der Waals surface area contributed by atoms with Gasteiger partial charge < -0.3 is 5.73 Å². The molecule has 0 aliphatic rings. The van der Waals surface area contributed by atoms with E-state index in [0.717, 1.165) is 0 Å². The lowest BCUT2D eigenvalue weighted by Gasteiger charge is -1.89. The Labute approximate surface area is 57.0 Å². The van der Waals surface area contributed by atoms with Crippen LogP contribution in [0.15, 0.2) is 10.9 Å². The Kier molecular flexibility index (Phi) is 1.33. The number of aromatic nitrogens is 2. The molecule has 0 aromatic carbocycles. The van der Waals surface area contributed by atoms with Crippen molar-refractivity contribution in [2.75, 3.05) is 0 Å². The van der Waals surface area contributed by atoms with Crippen LogP contribution >= 0.6 is 0 Å². The predicted octanol–water partition coefficient (Wildman–Crippen LogP) is -1.00. The highest BCUT2D eigenvalue weighted by Gasteiger charge is 1.99. The molecule has 0 saturated heterocycles. The third-order valence-corrected chi connectivity index (χ3v) is 1.18. The molecule has 1 heterocycles. The molecule has 1 rings (SSSR count). The fraction of sp³-hybridized carbons (Fsp3) is 0.200. The quantitative estimate of drug-likeness (QED) is 0.345. The van der Waals surface area contributed by atoms with Gasteiger partial charge in [-0.3, -0.25) is 20.0 Å². The summed E-state index contributed by atoms with van der Waals surface area (Å²) < 4.78 is 1.26. The minimum absolute atomic E-state index is 0.127. The molecule has 1 aromatic rings. The number of H-pyrrole nitrogens is 1. The Morgan fingerprint density at radius 1 is 1.90 bits per heavy atom. The van der Waals surface area contributed by atoms with Crippen molar-refractivity contribution in [1.82, 2.24) is 9.78 Å². The van der Waals surface area contributed by atoms with Gasteiger partial charge in [-0.15, -0.1) is 0 Å². The van der Waals surface area contributed by atoms with Gasteiger partial charge >= 0.3 is 0 Å². The Morgan fingerprint density at radius 2 is 2.50 bits per heavy atom. The van der Waals surface area contributed by atoms with E-state index in [0.29, 0.717) is 5.69 Å². The standard InChI is InChI=1S/C5H8N4O/c1-9-4(10)2-3(8-9)5(6)7/h2,8H,1H3,(H3,6,7). The summed E-state index contributed by atoms with van der Waals surface area (Å²) in [4.78, 5) is 10.7. The Bertz CT molecular complexity index is 308. The fourth-order valence-electron chi connectivity index (χ4n) is 0.626. The van der Waals surface area contributed by atoms with Crippen molar-refractivity contribution >= 4 is 5.84 Å². The van der Waals surface area contributed by atoms with Gasteiger partial charge in [-0.25, -0.2) is 0 Å². The number of amidine groups is 1. The first-order chi connectivity index (χ1) is 4.61. The molecule has 0 spiro atoms. The molecule has 0 aliphatic heterocycles. The van der Waals surface area contributed by atoms with Crippen LogP contribution in [0.2, 0.25) is 0 Å². The summed E-state index contributed by atoms with van der Waals surface area (Å²) in [5.74, 6) is -0.127. The zero-order valence-corrected chi connectivity index (χ0v) is 5.51. The van der Waals surface area contributed by atoms with Crippen LogP contribution in [0.4, 0.5) is 0 Å². The molecule has 5 nitrogen and oxygen atoms in total. The maximum atomic E-state index is 10.7. The first kappa shape index (κ1) is 6.60. The summed E-state index contributed by atoms with van der Waals surface area (Å²) in [5.41, 5.74) is 5.26. The number of nitrogens with two attached hydrogens (primary N) is 1. The SMILES string of the molecule is Cn1[nH]c(C(=N)N)cc1=O. The van der Waals surface area contributed by atoms with Crippen molar-refractivity contribution in [2.45, 2.75) is 0 Å². The number of nitrogens with one attached hydrogen (secondary N) is 2. The molecule has 0 unspecified atom stereocenters. The van der Waals surface area contributed by atoms with Crippen molar-refractivity contribution in [3.05, 3.63) is 22.1 Å². The van der Waals surface area contributed by atoms with E-state index >= 15 is 0 Å². The average Bonchev–Trinajstić information content (AvgIpc) is 2.13. The minimum atomic E-state index is -0.190. The van der Waals surface area contributed by atoms with E-state index in [4.69, 9.17) is 11.1 Å². The van der Waals surface area contributed by atoms with Gasteiger partial charge in [0, 0.05) is 13.1 Å². The van der Waals surface area contributed by atoms with Crippen LogP contribution in [0, 0.1) is 5.41 Å². The zero-order valence-electron chi connectivity index (χ0n) is 5.51. The van der Waals surface area contributed by atoms with Gasteiger partial charge in [0.2, 0.25) is 0 Å². The molecule has 5 heteroatoms. The first-order valence-electron chi connectivity index (χ1n) is 2.71. The van der Waals surface area contributed by atoms with E-state index in [9.17, 15) is 4.79 Å². The van der Waals surface area contributed by atoms with Gasteiger partial charge in [0.15, 0.2) is 0 Å². The second-order valence-corrected chi connectivity index (χ2v) is 1.98. The van der Waals surface area contributed by atoms with Crippen molar-refractivity contribution in [3.63, 3.8) is 0 Å².